The molecule has 2 rings (SSSR count). The fourth-order valence-corrected chi connectivity index (χ4v) is 3.69. The van der Waals surface area contributed by atoms with E-state index in [4.69, 9.17) is 26.8 Å². The number of thiocarbonyl (C=S) groups is 1. The van der Waals surface area contributed by atoms with E-state index in [0.29, 0.717) is 30.8 Å². The van der Waals surface area contributed by atoms with Gasteiger partial charge in [-0.25, -0.2) is 0 Å². The lowest BCUT2D eigenvalue weighted by molar-refractivity contribution is -0.114. The third-order valence-corrected chi connectivity index (χ3v) is 5.30. The van der Waals surface area contributed by atoms with E-state index >= 15 is 0 Å². The van der Waals surface area contributed by atoms with Gasteiger partial charge in [0.25, 0.3) is 0 Å². The number of aliphatic hydroxyl groups is 2. The average Bonchev–Trinajstić information content (AvgIpc) is 2.67. The standard InChI is InChI=1S/C21H28O5S/c1-25-18-7-8-20(26-12-11-23)19(14-18)16-6-5-15(9-10-22)21(27)4-2-3-17(24)13-16/h7-8,13-15,22-23H,2-6,9-12H2,1H3. The van der Waals surface area contributed by atoms with Crippen LogP contribution in [0.1, 0.15) is 44.1 Å². The quantitative estimate of drug-likeness (QED) is 0.693. The maximum absolute atomic E-state index is 12.4. The number of carbonyl (C=O) groups is 1. The summed E-state index contributed by atoms with van der Waals surface area (Å²) in [6.07, 6.45) is 5.70. The number of benzene rings is 1. The second-order valence-electron chi connectivity index (χ2n) is 6.64. The molecule has 1 aromatic rings. The van der Waals surface area contributed by atoms with Gasteiger partial charge in [0.1, 0.15) is 18.1 Å². The summed E-state index contributed by atoms with van der Waals surface area (Å²) in [5.74, 6) is 1.52. The number of hydrogen-bond donors (Lipinski definition) is 2. The van der Waals surface area contributed by atoms with Crippen molar-refractivity contribution in [2.75, 3.05) is 26.9 Å². The van der Waals surface area contributed by atoms with E-state index in [1.807, 2.05) is 6.07 Å². The number of methoxy groups -OCH3 is 1. The number of carbonyl (C=O) groups excluding carboxylic acids is 1. The molecule has 0 heterocycles. The second-order valence-corrected chi connectivity index (χ2v) is 7.16. The molecule has 0 amide bonds. The van der Waals surface area contributed by atoms with Gasteiger partial charge in [-0.15, -0.1) is 0 Å². The molecule has 0 aromatic heterocycles. The SMILES string of the molecule is COc1ccc(OCCO)c(C2=CC(=O)CCCC(=S)C(CCO)CC2)c1. The third kappa shape index (κ3) is 6.41. The van der Waals surface area contributed by atoms with Crippen molar-refractivity contribution in [1.29, 1.82) is 0 Å². The summed E-state index contributed by atoms with van der Waals surface area (Å²) in [5, 5.41) is 18.5. The number of aliphatic hydroxyl groups excluding tert-OH is 2. The first-order chi connectivity index (χ1) is 13.1. The van der Waals surface area contributed by atoms with Crippen LogP contribution in [0.25, 0.3) is 5.57 Å². The Labute approximate surface area is 166 Å². The van der Waals surface area contributed by atoms with Crippen LogP contribution in [-0.2, 0) is 4.79 Å². The van der Waals surface area contributed by atoms with Crippen LogP contribution in [0, 0.1) is 5.92 Å². The minimum atomic E-state index is -0.0870. The van der Waals surface area contributed by atoms with Gasteiger partial charge in [-0.2, -0.15) is 0 Å². The zero-order valence-electron chi connectivity index (χ0n) is 15.8. The van der Waals surface area contributed by atoms with Crippen LogP contribution in [0.15, 0.2) is 24.3 Å². The van der Waals surface area contributed by atoms with Crippen LogP contribution >= 0.6 is 12.2 Å². The molecule has 1 unspecified atom stereocenters. The Balaban J connectivity index is 2.38. The van der Waals surface area contributed by atoms with Crippen molar-refractivity contribution in [3.63, 3.8) is 0 Å². The van der Waals surface area contributed by atoms with Gasteiger partial charge in [0.2, 0.25) is 0 Å². The van der Waals surface area contributed by atoms with Crippen molar-refractivity contribution in [3.8, 4) is 11.5 Å². The highest BCUT2D eigenvalue weighted by atomic mass is 32.1. The molecule has 27 heavy (non-hydrogen) atoms. The summed E-state index contributed by atoms with van der Waals surface area (Å²) in [4.78, 5) is 13.4. The van der Waals surface area contributed by atoms with Crippen molar-refractivity contribution < 1.29 is 24.5 Å². The summed E-state index contributed by atoms with van der Waals surface area (Å²) in [5.41, 5.74) is 1.67. The fourth-order valence-electron chi connectivity index (χ4n) is 3.31. The minimum Gasteiger partial charge on any atom is -0.497 e. The Hall–Kier alpha value is -1.76. The van der Waals surface area contributed by atoms with Crippen molar-refractivity contribution in [3.05, 3.63) is 29.8 Å². The normalized spacial score (nSPS) is 18.8. The van der Waals surface area contributed by atoms with Crippen LogP contribution in [0.3, 0.4) is 0 Å². The van der Waals surface area contributed by atoms with Crippen LogP contribution in [0.5, 0.6) is 11.5 Å². The van der Waals surface area contributed by atoms with E-state index in [9.17, 15) is 9.90 Å². The lowest BCUT2D eigenvalue weighted by atomic mass is 9.87. The van der Waals surface area contributed by atoms with Crippen LogP contribution in [-0.4, -0.2) is 47.8 Å². The summed E-state index contributed by atoms with van der Waals surface area (Å²) in [6, 6.07) is 5.45. The maximum atomic E-state index is 12.4. The predicted molar refractivity (Wildman–Crippen MR) is 109 cm³/mol. The van der Waals surface area contributed by atoms with Crippen molar-refractivity contribution in [2.45, 2.75) is 38.5 Å². The zero-order chi connectivity index (χ0) is 19.6. The minimum absolute atomic E-state index is 0.0735. The molecule has 0 bridgehead atoms. The molecule has 5 nitrogen and oxygen atoms in total. The first kappa shape index (κ1) is 21.5. The molecule has 6 heteroatoms. The maximum Gasteiger partial charge on any atom is 0.155 e. The summed E-state index contributed by atoms with van der Waals surface area (Å²) < 4.78 is 11.0. The van der Waals surface area contributed by atoms with Crippen molar-refractivity contribution in [2.24, 2.45) is 5.92 Å². The lowest BCUT2D eigenvalue weighted by Crippen LogP contribution is -2.16. The monoisotopic (exact) mass is 392 g/mol. The first-order valence-corrected chi connectivity index (χ1v) is 9.79. The second kappa shape index (κ2) is 11.2. The molecule has 0 radical (unpaired) electrons. The van der Waals surface area contributed by atoms with Gasteiger partial charge < -0.3 is 19.7 Å². The van der Waals surface area contributed by atoms with Gasteiger partial charge in [0.15, 0.2) is 5.78 Å². The van der Waals surface area contributed by atoms with Gasteiger partial charge in [-0.1, -0.05) is 12.2 Å². The first-order valence-electron chi connectivity index (χ1n) is 9.38. The molecule has 0 spiro atoms. The Kier molecular flexibility index (Phi) is 8.91. The number of rotatable bonds is 7. The lowest BCUT2D eigenvalue weighted by Gasteiger charge is -2.21. The fraction of sp³-hybridized carbons (Fsp3) is 0.524. The van der Waals surface area contributed by atoms with Gasteiger partial charge in [0, 0.05) is 18.6 Å². The molecule has 1 aliphatic carbocycles. The molecule has 0 aliphatic heterocycles. The van der Waals surface area contributed by atoms with Crippen LogP contribution in [0.4, 0.5) is 0 Å². The number of hydrogen-bond acceptors (Lipinski definition) is 6. The molecule has 2 N–H and O–H groups in total. The Morgan fingerprint density at radius 1 is 1.19 bits per heavy atom. The van der Waals surface area contributed by atoms with Crippen LogP contribution in [0.2, 0.25) is 0 Å². The molecule has 1 aliphatic rings. The van der Waals surface area contributed by atoms with Crippen LogP contribution < -0.4 is 9.47 Å². The highest BCUT2D eigenvalue weighted by molar-refractivity contribution is 7.80. The van der Waals surface area contributed by atoms with Gasteiger partial charge in [-0.3, -0.25) is 4.79 Å². The highest BCUT2D eigenvalue weighted by Gasteiger charge is 2.20. The molecule has 1 atom stereocenters. The molecule has 0 fully saturated rings. The summed E-state index contributed by atoms with van der Waals surface area (Å²) in [6.45, 7) is 0.195. The van der Waals surface area contributed by atoms with E-state index in [0.717, 1.165) is 35.3 Å². The Bertz CT molecular complexity index is 683. The van der Waals surface area contributed by atoms with Gasteiger partial charge in [0.05, 0.1) is 13.7 Å². The van der Waals surface area contributed by atoms with Crippen molar-refractivity contribution in [1.82, 2.24) is 0 Å². The van der Waals surface area contributed by atoms with Gasteiger partial charge >= 0.3 is 0 Å². The predicted octanol–water partition coefficient (Wildman–Crippen LogP) is 3.35. The number of ketones is 1. The largest absolute Gasteiger partial charge is 0.497 e. The van der Waals surface area contributed by atoms with Gasteiger partial charge in [-0.05, 0) is 72.7 Å². The Morgan fingerprint density at radius 3 is 2.70 bits per heavy atom. The summed E-state index contributed by atoms with van der Waals surface area (Å²) >= 11 is 5.55. The van der Waals surface area contributed by atoms with E-state index in [2.05, 4.69) is 0 Å². The van der Waals surface area contributed by atoms with Crippen molar-refractivity contribution >= 4 is 28.4 Å². The number of ether oxygens (including phenoxy) is 2. The average molecular weight is 393 g/mol. The molecule has 148 valence electrons. The molecular formula is C21H28O5S. The van der Waals surface area contributed by atoms with E-state index in [1.165, 1.54) is 0 Å². The zero-order valence-corrected chi connectivity index (χ0v) is 16.6. The smallest absolute Gasteiger partial charge is 0.155 e. The highest BCUT2D eigenvalue weighted by Crippen LogP contribution is 2.35. The molecule has 0 saturated heterocycles. The van der Waals surface area contributed by atoms with E-state index < -0.39 is 0 Å². The number of allylic oxidation sites excluding steroid dienone is 2. The summed E-state index contributed by atoms with van der Waals surface area (Å²) in [7, 11) is 1.59. The molecule has 0 saturated carbocycles. The molecule has 1 aromatic carbocycles. The van der Waals surface area contributed by atoms with E-state index in [-0.39, 0.29) is 31.5 Å². The molecular weight excluding hydrogens is 364 g/mol. The van der Waals surface area contributed by atoms with E-state index in [1.54, 1.807) is 25.3 Å². The third-order valence-electron chi connectivity index (χ3n) is 4.76. The topological polar surface area (TPSA) is 76.0 Å². The Morgan fingerprint density at radius 2 is 2.00 bits per heavy atom.